The van der Waals surface area contributed by atoms with Crippen LogP contribution in [0.25, 0.3) is 9.69 Å². The Kier molecular flexibility index (Phi) is 27.3. The molecule has 0 bridgehead atoms. The van der Waals surface area contributed by atoms with Crippen molar-refractivity contribution < 1.29 is 9.85 Å². The zero-order valence-corrected chi connectivity index (χ0v) is 41.6. The van der Waals surface area contributed by atoms with E-state index in [1.54, 1.807) is 6.92 Å². The number of benzene rings is 2. The molecule has 10 atom stereocenters. The van der Waals surface area contributed by atoms with Crippen molar-refractivity contribution in [3.05, 3.63) is 90.6 Å². The lowest BCUT2D eigenvalue weighted by atomic mass is 10.1. The van der Waals surface area contributed by atoms with E-state index in [4.69, 9.17) is 13.1 Å². The second-order valence-corrected chi connectivity index (χ2v) is 77.9. The van der Waals surface area contributed by atoms with Crippen LogP contribution in [0.3, 0.4) is 0 Å². The smallest absolute Gasteiger partial charge is 0.258 e. The molecule has 0 aliphatic heterocycles. The molecule has 0 saturated carbocycles. The second-order valence-electron chi connectivity index (χ2n) is 7.58. The van der Waals surface area contributed by atoms with E-state index in [9.17, 15) is 20.2 Å². The molecule has 0 fully saturated rings. The van der Waals surface area contributed by atoms with E-state index in [0.29, 0.717) is 23.4 Å². The summed E-state index contributed by atoms with van der Waals surface area (Å²) in [6.45, 7) is 17.8. The largest absolute Gasteiger partial charge is 0.267 e. The van der Waals surface area contributed by atoms with Gasteiger partial charge in [0.2, 0.25) is 0 Å². The van der Waals surface area contributed by atoms with Crippen molar-refractivity contribution in [3.63, 3.8) is 0 Å². The highest BCUT2D eigenvalue weighted by Crippen LogP contribution is 3.28. The summed E-state index contributed by atoms with van der Waals surface area (Å²) in [6, 6.07) is 8.48. The first kappa shape index (κ1) is 47.0. The maximum absolute atomic E-state index is 10.4. The van der Waals surface area contributed by atoms with Gasteiger partial charge in [0.1, 0.15) is 0 Å². The Morgan fingerprint density at radius 1 is 0.651 bits per heavy atom. The lowest BCUT2D eigenvalue weighted by Crippen LogP contribution is -1.89. The van der Waals surface area contributed by atoms with Gasteiger partial charge < -0.3 is 0 Å². The lowest BCUT2D eigenvalue weighted by Gasteiger charge is -2.43. The Morgan fingerprint density at radius 2 is 1.00 bits per heavy atom. The lowest BCUT2D eigenvalue weighted by molar-refractivity contribution is -0.385. The molecule has 0 aliphatic carbocycles. The average molecular weight is 916 g/mol. The van der Waals surface area contributed by atoms with Crippen LogP contribution < -0.4 is 0 Å². The van der Waals surface area contributed by atoms with Crippen molar-refractivity contribution in [2.24, 2.45) is 0 Å². The molecular weight excluding hydrogens is 882 g/mol. The quantitative estimate of drug-likeness (QED) is 0.103. The summed E-state index contributed by atoms with van der Waals surface area (Å²) < 4.78 is 0. The highest BCUT2D eigenvalue weighted by Gasteiger charge is 2.39. The summed E-state index contributed by atoms with van der Waals surface area (Å²) in [6.07, 6.45) is 0.638. The topological polar surface area (TPSA) is 95.0 Å². The number of nitro groups is 2. The first-order chi connectivity index (χ1) is 19.9. The molecule has 26 heteroatoms. The number of aryl methyl sites for hydroxylation is 2. The fraction of sp³-hybridized carbons (Fsp3) is 0.176. The van der Waals surface area contributed by atoms with Gasteiger partial charge in [-0.3, -0.25) is 20.2 Å². The molecule has 0 aromatic heterocycles. The van der Waals surface area contributed by atoms with Crippen LogP contribution in [0.2, 0.25) is 0 Å². The number of hydrogen-bond acceptors (Lipinski definition) is 4. The third-order valence-corrected chi connectivity index (χ3v) is 113. The predicted molar refractivity (Wildman–Crippen MR) is 245 cm³/mol. The minimum atomic E-state index is -0.472. The van der Waals surface area contributed by atoms with Crippen LogP contribution in [-0.2, 0) is 6.42 Å². The van der Waals surface area contributed by atoms with Crippen molar-refractivity contribution in [2.45, 2.75) is 20.3 Å². The number of hydrogen-bond donors (Lipinski definition) is 0. The standard InChI is InChI=1S/C9H8N2O2.C8H6N2O2.H20P18/c1-3-7-6-8(11(12)13)4-5-9(7)10-2;1-6-5-7(10(11)12)3-4-8(6)9-2;1-11(2)16(12(3)4)18(15(9)10)17(13(5)6)14(7)8/h4-6H,3H2,1H3;3-5H,1H3;1-10H2. The Hall–Kier alpha value is 3.96. The molecule has 0 saturated heterocycles. The molecule has 10 unspecified atom stereocenters. The van der Waals surface area contributed by atoms with Gasteiger partial charge >= 0.3 is 0 Å². The van der Waals surface area contributed by atoms with Gasteiger partial charge in [-0.05, 0) is 92.5 Å². The van der Waals surface area contributed by atoms with Crippen molar-refractivity contribution in [3.8, 4) is 0 Å². The van der Waals surface area contributed by atoms with Crippen molar-refractivity contribution >= 4 is 168 Å². The number of non-ortho nitro benzene ring substituents is 2. The van der Waals surface area contributed by atoms with Gasteiger partial charge in [-0.1, -0.05) is 6.92 Å². The van der Waals surface area contributed by atoms with Crippen LogP contribution in [0.15, 0.2) is 36.4 Å². The van der Waals surface area contributed by atoms with E-state index in [2.05, 4.69) is 99.0 Å². The summed E-state index contributed by atoms with van der Waals surface area (Å²) >= 11 is 0. The molecule has 236 valence electrons. The van der Waals surface area contributed by atoms with Gasteiger partial charge in [0.05, 0.1) is 23.0 Å². The van der Waals surface area contributed by atoms with Gasteiger partial charge in [-0.15, -0.1) is 89.3 Å². The Labute approximate surface area is 286 Å². The van der Waals surface area contributed by atoms with Crippen LogP contribution >= 0.6 is 145 Å². The van der Waals surface area contributed by atoms with E-state index < -0.39 is 9.85 Å². The normalized spacial score (nSPS) is 11.0. The first-order valence-corrected chi connectivity index (χ1v) is 42.9. The van der Waals surface area contributed by atoms with E-state index in [1.165, 1.54) is 36.4 Å². The third kappa shape index (κ3) is 17.2. The van der Waals surface area contributed by atoms with E-state index in [0.717, 1.165) is 5.56 Å². The van der Waals surface area contributed by atoms with Gasteiger partial charge in [-0.2, -0.15) is 0 Å². The van der Waals surface area contributed by atoms with Crippen LogP contribution in [0.4, 0.5) is 22.7 Å². The highest BCUT2D eigenvalue weighted by atomic mass is 33.4. The number of nitro benzene ring substituents is 2. The molecule has 0 aliphatic rings. The van der Waals surface area contributed by atoms with Gasteiger partial charge in [-0.25, -0.2) is 9.69 Å². The van der Waals surface area contributed by atoms with Gasteiger partial charge in [0, 0.05) is 24.3 Å². The van der Waals surface area contributed by atoms with Gasteiger partial charge in [0.15, 0.2) is 11.4 Å². The highest BCUT2D eigenvalue weighted by molar-refractivity contribution is 9.33. The van der Waals surface area contributed by atoms with Crippen LogP contribution in [0, 0.1) is 40.3 Å². The summed E-state index contributed by atoms with van der Waals surface area (Å²) in [7, 11) is 31.2. The van der Waals surface area contributed by atoms with Crippen LogP contribution in [0.5, 0.6) is 0 Å². The monoisotopic (exact) mass is 916 g/mol. The maximum Gasteiger partial charge on any atom is 0.267 e. The Bertz CT molecular complexity index is 1270. The molecule has 2 aromatic carbocycles. The van der Waals surface area contributed by atoms with Crippen molar-refractivity contribution in [1.29, 1.82) is 0 Å². The van der Waals surface area contributed by atoms with Crippen molar-refractivity contribution in [1.82, 2.24) is 0 Å². The predicted octanol–water partition coefficient (Wildman–Crippen LogP) is 15.3. The molecule has 0 amide bonds. The van der Waals surface area contributed by atoms with E-state index in [-0.39, 0.29) is 67.3 Å². The SMILES string of the molecule is PP(P)P(P(P)P)P(P(P)P)P(P(P)P)P(P)P.[C-]#[N+]c1ccc([N+](=O)[O-])cc1C.[C-]#[N+]c1ccc([N+](=O)[O-])cc1CC. The minimum Gasteiger partial charge on any atom is -0.258 e. The fourth-order valence-corrected chi connectivity index (χ4v) is 212. The molecule has 43 heavy (non-hydrogen) atoms. The maximum atomic E-state index is 10.4. The average Bonchev–Trinajstić information content (AvgIpc) is 2.91. The van der Waals surface area contributed by atoms with Gasteiger partial charge in [0.25, 0.3) is 11.4 Å². The summed E-state index contributed by atoms with van der Waals surface area (Å²) in [5.74, 6) is 0. The first-order valence-electron chi connectivity index (χ1n) is 11.1. The molecule has 0 heterocycles. The second kappa shape index (κ2) is 25.0. The Morgan fingerprint density at radius 3 is 1.28 bits per heavy atom. The van der Waals surface area contributed by atoms with E-state index >= 15 is 0 Å². The van der Waals surface area contributed by atoms with Crippen molar-refractivity contribution in [2.75, 3.05) is 0 Å². The zero-order chi connectivity index (χ0) is 33.6. The molecule has 2 aromatic rings. The zero-order valence-electron chi connectivity index (χ0n) is 22.9. The van der Waals surface area contributed by atoms with E-state index in [1.807, 2.05) is 6.92 Å². The number of rotatable bonds is 10. The molecule has 2 rings (SSSR count). The Balaban J connectivity index is 0.000000630. The minimum absolute atomic E-state index is 0.0277. The summed E-state index contributed by atoms with van der Waals surface area (Å²) in [5.41, 5.74) is 2.39. The fourth-order valence-electron chi connectivity index (χ4n) is 2.82. The molecule has 0 radical (unpaired) electrons. The molecule has 8 nitrogen and oxygen atoms in total. The summed E-state index contributed by atoms with van der Waals surface area (Å²) in [4.78, 5) is 26.2. The third-order valence-electron chi connectivity index (χ3n) is 4.64. The molecule has 0 spiro atoms. The van der Waals surface area contributed by atoms with Crippen LogP contribution in [-0.4, -0.2) is 9.85 Å². The number of nitrogens with zero attached hydrogens (tertiary/aromatic N) is 4. The summed E-state index contributed by atoms with van der Waals surface area (Å²) in [5, 5.41) is 20.7. The van der Waals surface area contributed by atoms with Crippen LogP contribution in [0.1, 0.15) is 18.1 Å². The molecular formula is C17H34N4O4P18. The molecule has 0 N–H and O–H groups in total.